The molecule has 0 aliphatic carbocycles. The van der Waals surface area contributed by atoms with E-state index in [0.29, 0.717) is 10.7 Å². The summed E-state index contributed by atoms with van der Waals surface area (Å²) < 4.78 is 18.3. The smallest absolute Gasteiger partial charge is 0.316 e. The van der Waals surface area contributed by atoms with Crippen molar-refractivity contribution in [2.75, 3.05) is 12.4 Å². The first kappa shape index (κ1) is 18.9. The number of halogens is 1. The molecule has 2 rings (SSSR count). The van der Waals surface area contributed by atoms with Gasteiger partial charge in [-0.1, -0.05) is 30.0 Å². The molecule has 2 aromatic rings. The maximum Gasteiger partial charge on any atom is 0.316 e. The number of rotatable bonds is 7. The molecule has 1 amide bonds. The predicted molar refractivity (Wildman–Crippen MR) is 91.4 cm³/mol. The predicted octanol–water partition coefficient (Wildman–Crippen LogP) is 2.18. The summed E-state index contributed by atoms with van der Waals surface area (Å²) in [6.45, 7) is 3.31. The van der Waals surface area contributed by atoms with Gasteiger partial charge in [0.1, 0.15) is 5.82 Å². The summed E-state index contributed by atoms with van der Waals surface area (Å²) in [7, 11) is 0. The van der Waals surface area contributed by atoms with Gasteiger partial charge in [-0.3, -0.25) is 9.59 Å². The van der Waals surface area contributed by atoms with Crippen LogP contribution in [-0.2, 0) is 20.9 Å². The first-order valence-electron chi connectivity index (χ1n) is 7.55. The number of esters is 1. The Bertz CT molecular complexity index is 750. The number of aryl methyl sites for hydroxylation is 2. The number of hydrogen-bond acceptors (Lipinski definition) is 6. The minimum Gasteiger partial charge on any atom is -0.455 e. The molecule has 0 fully saturated rings. The Morgan fingerprint density at radius 3 is 2.56 bits per heavy atom. The third-order valence-electron chi connectivity index (χ3n) is 3.08. The van der Waals surface area contributed by atoms with Crippen LogP contribution in [0.2, 0.25) is 0 Å². The summed E-state index contributed by atoms with van der Waals surface area (Å²) in [5.74, 6) is -1.44. The molecule has 0 saturated carbocycles. The highest BCUT2D eigenvalue weighted by Gasteiger charge is 2.10. The number of thioether (sulfide) groups is 1. The van der Waals surface area contributed by atoms with Crippen LogP contribution in [0.3, 0.4) is 0 Å². The fourth-order valence-electron chi connectivity index (χ4n) is 1.96. The molecule has 0 atom stereocenters. The van der Waals surface area contributed by atoms with Crippen molar-refractivity contribution in [3.8, 4) is 0 Å². The van der Waals surface area contributed by atoms with Gasteiger partial charge in [0.25, 0.3) is 5.91 Å². The fourth-order valence-corrected chi connectivity index (χ4v) is 2.70. The summed E-state index contributed by atoms with van der Waals surface area (Å²) in [5, 5.41) is 2.98. The number of benzene rings is 1. The van der Waals surface area contributed by atoms with Crippen LogP contribution in [0.1, 0.15) is 17.0 Å². The average Bonchev–Trinajstić information content (AvgIpc) is 2.56. The second kappa shape index (κ2) is 9.12. The van der Waals surface area contributed by atoms with Gasteiger partial charge in [-0.2, -0.15) is 0 Å². The summed E-state index contributed by atoms with van der Waals surface area (Å²) in [6.07, 6.45) is 0. The van der Waals surface area contributed by atoms with Crippen LogP contribution in [0.4, 0.5) is 4.39 Å². The number of nitrogens with zero attached hydrogens (tertiary/aromatic N) is 2. The van der Waals surface area contributed by atoms with Gasteiger partial charge in [0.15, 0.2) is 11.8 Å². The monoisotopic (exact) mass is 363 g/mol. The third kappa shape index (κ3) is 6.50. The lowest BCUT2D eigenvalue weighted by Gasteiger charge is -2.07. The molecule has 0 aliphatic rings. The molecule has 6 nitrogen and oxygen atoms in total. The van der Waals surface area contributed by atoms with Crippen LogP contribution in [0.25, 0.3) is 0 Å². The van der Waals surface area contributed by atoms with Crippen molar-refractivity contribution in [2.45, 2.75) is 25.5 Å². The van der Waals surface area contributed by atoms with E-state index >= 15 is 0 Å². The molecule has 0 unspecified atom stereocenters. The van der Waals surface area contributed by atoms with Crippen molar-refractivity contribution in [1.29, 1.82) is 0 Å². The topological polar surface area (TPSA) is 81.2 Å². The Kier molecular flexibility index (Phi) is 6.88. The van der Waals surface area contributed by atoms with E-state index in [9.17, 15) is 14.0 Å². The van der Waals surface area contributed by atoms with Crippen LogP contribution in [0.15, 0.2) is 35.5 Å². The van der Waals surface area contributed by atoms with Gasteiger partial charge >= 0.3 is 5.97 Å². The molecule has 132 valence electrons. The third-order valence-corrected chi connectivity index (χ3v) is 3.90. The minimum absolute atomic E-state index is 0.00346. The van der Waals surface area contributed by atoms with Crippen LogP contribution in [0, 0.1) is 19.7 Å². The molecule has 0 radical (unpaired) electrons. The van der Waals surface area contributed by atoms with Crippen molar-refractivity contribution in [2.24, 2.45) is 0 Å². The zero-order valence-electron chi connectivity index (χ0n) is 13.9. The highest BCUT2D eigenvalue weighted by molar-refractivity contribution is 7.99. The van der Waals surface area contributed by atoms with Gasteiger partial charge in [-0.05, 0) is 26.0 Å². The second-order valence-corrected chi connectivity index (χ2v) is 6.19. The van der Waals surface area contributed by atoms with Crippen LogP contribution in [-0.4, -0.2) is 34.2 Å². The van der Waals surface area contributed by atoms with Gasteiger partial charge < -0.3 is 10.1 Å². The largest absolute Gasteiger partial charge is 0.455 e. The molecular weight excluding hydrogens is 345 g/mol. The average molecular weight is 363 g/mol. The quantitative estimate of drug-likeness (QED) is 0.461. The number of nitrogens with one attached hydrogen (secondary N) is 1. The molecule has 0 bridgehead atoms. The van der Waals surface area contributed by atoms with Crippen LogP contribution < -0.4 is 5.32 Å². The van der Waals surface area contributed by atoms with Crippen molar-refractivity contribution in [1.82, 2.24) is 15.3 Å². The molecular formula is C17H18FN3O3S. The molecule has 1 aromatic heterocycles. The lowest BCUT2D eigenvalue weighted by molar-refractivity contribution is -0.145. The second-order valence-electron chi connectivity index (χ2n) is 5.25. The maximum atomic E-state index is 13.4. The van der Waals surface area contributed by atoms with Gasteiger partial charge in [0.2, 0.25) is 0 Å². The standard InChI is InChI=1S/C17H18FN3O3S/c1-11-7-12(2)21-17(20-11)25-10-16(23)24-9-15(22)19-8-13-5-3-4-6-14(13)18/h3-7H,8-10H2,1-2H3,(H,19,22). The number of amides is 1. The Morgan fingerprint density at radius 1 is 1.20 bits per heavy atom. The maximum absolute atomic E-state index is 13.4. The fraction of sp³-hybridized carbons (Fsp3) is 0.294. The number of carbonyl (C=O) groups excluding carboxylic acids is 2. The summed E-state index contributed by atoms with van der Waals surface area (Å²) in [5.41, 5.74) is 2.00. The van der Waals surface area contributed by atoms with E-state index in [0.717, 1.165) is 23.1 Å². The molecule has 1 aromatic carbocycles. The van der Waals surface area contributed by atoms with E-state index < -0.39 is 24.3 Å². The number of aromatic nitrogens is 2. The zero-order valence-corrected chi connectivity index (χ0v) is 14.7. The minimum atomic E-state index is -0.547. The number of ether oxygens (including phenoxy) is 1. The van der Waals surface area contributed by atoms with Gasteiger partial charge in [-0.15, -0.1) is 0 Å². The van der Waals surface area contributed by atoms with Crippen molar-refractivity contribution < 1.29 is 18.7 Å². The van der Waals surface area contributed by atoms with Crippen molar-refractivity contribution in [3.05, 3.63) is 53.1 Å². The first-order valence-corrected chi connectivity index (χ1v) is 8.53. The molecule has 0 aliphatic heterocycles. The van der Waals surface area contributed by atoms with E-state index in [-0.39, 0.29) is 12.3 Å². The molecule has 1 heterocycles. The van der Waals surface area contributed by atoms with Gasteiger partial charge in [0, 0.05) is 23.5 Å². The van der Waals surface area contributed by atoms with E-state index in [4.69, 9.17) is 4.74 Å². The lowest BCUT2D eigenvalue weighted by Crippen LogP contribution is -2.29. The zero-order chi connectivity index (χ0) is 18.2. The highest BCUT2D eigenvalue weighted by Crippen LogP contribution is 2.14. The lowest BCUT2D eigenvalue weighted by atomic mass is 10.2. The summed E-state index contributed by atoms with van der Waals surface area (Å²) in [4.78, 5) is 31.7. The van der Waals surface area contributed by atoms with Crippen molar-refractivity contribution >= 4 is 23.6 Å². The van der Waals surface area contributed by atoms with E-state index in [1.54, 1.807) is 18.2 Å². The number of hydrogen-bond donors (Lipinski definition) is 1. The van der Waals surface area contributed by atoms with Gasteiger partial charge in [-0.25, -0.2) is 14.4 Å². The molecule has 0 saturated heterocycles. The number of carbonyl (C=O) groups is 2. The Balaban J connectivity index is 1.70. The van der Waals surface area contributed by atoms with Crippen LogP contribution >= 0.6 is 11.8 Å². The van der Waals surface area contributed by atoms with E-state index in [2.05, 4.69) is 15.3 Å². The molecule has 8 heteroatoms. The molecule has 25 heavy (non-hydrogen) atoms. The molecule has 0 spiro atoms. The Labute approximate surface area is 149 Å². The normalized spacial score (nSPS) is 10.4. The van der Waals surface area contributed by atoms with Crippen molar-refractivity contribution in [3.63, 3.8) is 0 Å². The van der Waals surface area contributed by atoms with Crippen LogP contribution in [0.5, 0.6) is 0 Å². The summed E-state index contributed by atoms with van der Waals surface area (Å²) in [6, 6.07) is 7.97. The van der Waals surface area contributed by atoms with Gasteiger partial charge in [0.05, 0.1) is 5.75 Å². The van der Waals surface area contributed by atoms with E-state index in [1.807, 2.05) is 19.9 Å². The first-order chi connectivity index (χ1) is 11.9. The van der Waals surface area contributed by atoms with E-state index in [1.165, 1.54) is 6.07 Å². The Hall–Kier alpha value is -2.48. The Morgan fingerprint density at radius 2 is 1.88 bits per heavy atom. The molecule has 1 N–H and O–H groups in total. The highest BCUT2D eigenvalue weighted by atomic mass is 32.2. The summed E-state index contributed by atoms with van der Waals surface area (Å²) >= 11 is 1.14. The SMILES string of the molecule is Cc1cc(C)nc(SCC(=O)OCC(=O)NCc2ccccc2F)n1.